The summed E-state index contributed by atoms with van der Waals surface area (Å²) in [5.41, 5.74) is 7.31. The summed E-state index contributed by atoms with van der Waals surface area (Å²) >= 11 is 0. The highest BCUT2D eigenvalue weighted by atomic mass is 16.2. The molecule has 0 saturated heterocycles. The van der Waals surface area contributed by atoms with Crippen molar-refractivity contribution in [1.29, 1.82) is 0 Å². The zero-order valence-electron chi connectivity index (χ0n) is 14.3. The Morgan fingerprint density at radius 1 is 1.00 bits per heavy atom. The van der Waals surface area contributed by atoms with E-state index >= 15 is 0 Å². The maximum atomic E-state index is 12.3. The molecule has 3 aromatic carbocycles. The fourth-order valence-corrected chi connectivity index (χ4v) is 2.92. The Morgan fingerprint density at radius 3 is 2.40 bits per heavy atom. The van der Waals surface area contributed by atoms with Gasteiger partial charge in [-0.25, -0.2) is 5.43 Å². The second kappa shape index (κ2) is 7.32. The Kier molecular flexibility index (Phi) is 4.96. The van der Waals surface area contributed by atoms with Crippen LogP contribution in [0.3, 0.4) is 0 Å². The molecule has 0 bridgehead atoms. The predicted octanol–water partition coefficient (Wildman–Crippen LogP) is 4.57. The van der Waals surface area contributed by atoms with Gasteiger partial charge in [-0.2, -0.15) is 0 Å². The Labute approximate surface area is 148 Å². The summed E-state index contributed by atoms with van der Waals surface area (Å²) in [6.45, 7) is 5.93. The molecule has 0 radical (unpaired) electrons. The van der Waals surface area contributed by atoms with Crippen molar-refractivity contribution >= 4 is 16.7 Å². The summed E-state index contributed by atoms with van der Waals surface area (Å²) in [6.07, 6.45) is 2.54. The molecule has 2 N–H and O–H groups in total. The van der Waals surface area contributed by atoms with Crippen LogP contribution in [0.1, 0.15) is 29.3 Å². The number of benzene rings is 3. The maximum Gasteiger partial charge on any atom is 0.265 e. The van der Waals surface area contributed by atoms with Crippen LogP contribution in [0, 0.1) is 0 Å². The van der Waals surface area contributed by atoms with Crippen LogP contribution in [-0.4, -0.2) is 5.91 Å². The molecule has 0 aliphatic rings. The largest absolute Gasteiger partial charge is 0.287 e. The predicted molar refractivity (Wildman–Crippen MR) is 103 cm³/mol. The van der Waals surface area contributed by atoms with Crippen molar-refractivity contribution in [3.8, 4) is 0 Å². The Morgan fingerprint density at radius 2 is 1.68 bits per heavy atom. The summed E-state index contributed by atoms with van der Waals surface area (Å²) in [6, 6.07) is 23.8. The van der Waals surface area contributed by atoms with E-state index in [2.05, 4.69) is 54.7 Å². The first-order valence-corrected chi connectivity index (χ1v) is 8.35. The first kappa shape index (κ1) is 16.9. The quantitative estimate of drug-likeness (QED) is 0.513. The van der Waals surface area contributed by atoms with E-state index in [1.807, 2.05) is 36.4 Å². The van der Waals surface area contributed by atoms with Crippen molar-refractivity contribution in [2.24, 2.45) is 0 Å². The van der Waals surface area contributed by atoms with Crippen LogP contribution < -0.4 is 10.9 Å². The first-order chi connectivity index (χ1) is 12.1. The minimum absolute atomic E-state index is 0.156. The monoisotopic (exact) mass is 330 g/mol. The third-order valence-electron chi connectivity index (χ3n) is 4.43. The molecular formula is C22H22N2O. The molecule has 0 spiro atoms. The average molecular weight is 330 g/mol. The summed E-state index contributed by atoms with van der Waals surface area (Å²) < 4.78 is 0. The molecule has 1 unspecified atom stereocenters. The van der Waals surface area contributed by atoms with E-state index < -0.39 is 5.54 Å². The highest BCUT2D eigenvalue weighted by Gasteiger charge is 2.26. The van der Waals surface area contributed by atoms with Gasteiger partial charge in [0, 0.05) is 5.56 Å². The first-order valence-electron chi connectivity index (χ1n) is 8.35. The lowest BCUT2D eigenvalue weighted by Gasteiger charge is -2.31. The second-order valence-corrected chi connectivity index (χ2v) is 6.33. The molecular weight excluding hydrogens is 308 g/mol. The van der Waals surface area contributed by atoms with Crippen LogP contribution >= 0.6 is 0 Å². The lowest BCUT2D eigenvalue weighted by atomic mass is 9.88. The van der Waals surface area contributed by atoms with Crippen molar-refractivity contribution in [3.63, 3.8) is 0 Å². The number of hydrazine groups is 1. The van der Waals surface area contributed by atoms with Crippen molar-refractivity contribution in [2.45, 2.75) is 18.9 Å². The minimum Gasteiger partial charge on any atom is -0.287 e. The Hall–Kier alpha value is -2.91. The zero-order valence-corrected chi connectivity index (χ0v) is 14.3. The number of carbonyl (C=O) groups excluding carboxylic acids is 1. The molecule has 1 atom stereocenters. The van der Waals surface area contributed by atoms with Crippen LogP contribution in [0.5, 0.6) is 0 Å². The summed E-state index contributed by atoms with van der Waals surface area (Å²) in [5.74, 6) is -0.156. The number of fused-ring (bicyclic) bond motifs is 1. The molecule has 3 rings (SSSR count). The molecule has 1 amide bonds. The third-order valence-corrected chi connectivity index (χ3v) is 4.43. The molecule has 25 heavy (non-hydrogen) atoms. The molecule has 3 heteroatoms. The Balaban J connectivity index is 1.84. The average Bonchev–Trinajstić information content (AvgIpc) is 2.66. The van der Waals surface area contributed by atoms with Gasteiger partial charge in [0.2, 0.25) is 0 Å². The van der Waals surface area contributed by atoms with Crippen LogP contribution in [0.15, 0.2) is 85.5 Å². The van der Waals surface area contributed by atoms with Gasteiger partial charge < -0.3 is 0 Å². The van der Waals surface area contributed by atoms with Gasteiger partial charge in [0.15, 0.2) is 0 Å². The van der Waals surface area contributed by atoms with Gasteiger partial charge in [0.1, 0.15) is 0 Å². The van der Waals surface area contributed by atoms with E-state index in [4.69, 9.17) is 0 Å². The van der Waals surface area contributed by atoms with Gasteiger partial charge in [-0.15, -0.1) is 6.58 Å². The molecule has 0 aliphatic heterocycles. The number of hydrogen-bond donors (Lipinski definition) is 2. The molecule has 0 saturated carbocycles. The van der Waals surface area contributed by atoms with Crippen molar-refractivity contribution in [2.75, 3.05) is 0 Å². The van der Waals surface area contributed by atoms with Crippen LogP contribution in [0.2, 0.25) is 0 Å². The van der Waals surface area contributed by atoms with Crippen LogP contribution in [0.4, 0.5) is 0 Å². The van der Waals surface area contributed by atoms with E-state index in [9.17, 15) is 4.79 Å². The fourth-order valence-electron chi connectivity index (χ4n) is 2.92. The van der Waals surface area contributed by atoms with Gasteiger partial charge in [-0.1, -0.05) is 60.7 Å². The second-order valence-electron chi connectivity index (χ2n) is 6.33. The lowest BCUT2D eigenvalue weighted by Crippen LogP contribution is -2.50. The molecule has 0 aromatic heterocycles. The van der Waals surface area contributed by atoms with E-state index in [1.165, 1.54) is 10.8 Å². The number of hydrogen-bond acceptors (Lipinski definition) is 2. The summed E-state index contributed by atoms with van der Waals surface area (Å²) in [7, 11) is 0. The van der Waals surface area contributed by atoms with E-state index in [0.29, 0.717) is 12.0 Å². The lowest BCUT2D eigenvalue weighted by molar-refractivity contribution is 0.0907. The highest BCUT2D eigenvalue weighted by Crippen LogP contribution is 2.27. The van der Waals surface area contributed by atoms with Crippen LogP contribution in [-0.2, 0) is 5.54 Å². The van der Waals surface area contributed by atoms with Gasteiger partial charge in [-0.3, -0.25) is 10.2 Å². The van der Waals surface area contributed by atoms with Crippen molar-refractivity contribution in [3.05, 3.63) is 96.6 Å². The molecule has 3 nitrogen and oxygen atoms in total. The fraction of sp³-hybridized carbons (Fsp3) is 0.136. The molecule has 126 valence electrons. The van der Waals surface area contributed by atoms with Gasteiger partial charge in [0.05, 0.1) is 5.54 Å². The van der Waals surface area contributed by atoms with E-state index in [0.717, 1.165) is 5.56 Å². The van der Waals surface area contributed by atoms with Gasteiger partial charge >= 0.3 is 0 Å². The SMILES string of the molecule is C=CCC(C)(NNC(=O)c1ccccc1)c1ccc2ccccc2c1. The number of amides is 1. The molecule has 0 heterocycles. The number of carbonyl (C=O) groups is 1. The number of nitrogens with one attached hydrogen (secondary N) is 2. The molecule has 0 fully saturated rings. The zero-order chi connectivity index (χ0) is 17.7. The summed E-state index contributed by atoms with van der Waals surface area (Å²) in [5, 5.41) is 2.37. The normalized spacial score (nSPS) is 13.2. The highest BCUT2D eigenvalue weighted by molar-refractivity contribution is 5.93. The van der Waals surface area contributed by atoms with Gasteiger partial charge in [-0.05, 0) is 47.9 Å². The number of rotatable bonds is 6. The molecule has 3 aromatic rings. The van der Waals surface area contributed by atoms with Crippen molar-refractivity contribution in [1.82, 2.24) is 10.9 Å². The standard InChI is InChI=1S/C22H22N2O/c1-3-15-22(2,24-23-21(25)18-10-5-4-6-11-18)20-14-13-17-9-7-8-12-19(17)16-20/h3-14,16,24H,1,15H2,2H3,(H,23,25). The van der Waals surface area contributed by atoms with Gasteiger partial charge in [0.25, 0.3) is 5.91 Å². The smallest absolute Gasteiger partial charge is 0.265 e. The van der Waals surface area contributed by atoms with Crippen LogP contribution in [0.25, 0.3) is 10.8 Å². The van der Waals surface area contributed by atoms with E-state index in [-0.39, 0.29) is 5.91 Å². The molecule has 0 aliphatic carbocycles. The third kappa shape index (κ3) is 3.78. The minimum atomic E-state index is -0.448. The van der Waals surface area contributed by atoms with E-state index in [1.54, 1.807) is 12.1 Å². The maximum absolute atomic E-state index is 12.3. The summed E-state index contributed by atoms with van der Waals surface area (Å²) in [4.78, 5) is 12.3. The van der Waals surface area contributed by atoms with Crippen molar-refractivity contribution < 1.29 is 4.79 Å². The Bertz CT molecular complexity index is 889. The topological polar surface area (TPSA) is 41.1 Å².